The summed E-state index contributed by atoms with van der Waals surface area (Å²) in [5, 5.41) is 9.72. The van der Waals surface area contributed by atoms with Gasteiger partial charge in [0, 0.05) is 10.4 Å². The Hall–Kier alpha value is -1.66. The highest BCUT2D eigenvalue weighted by Gasteiger charge is 2.10. The Morgan fingerprint density at radius 1 is 1.31 bits per heavy atom. The van der Waals surface area contributed by atoms with Crippen LogP contribution in [-0.4, -0.2) is 4.98 Å². The van der Waals surface area contributed by atoms with Gasteiger partial charge in [0.25, 0.3) is 0 Å². The van der Waals surface area contributed by atoms with Gasteiger partial charge in [-0.2, -0.15) is 5.26 Å². The summed E-state index contributed by atoms with van der Waals surface area (Å²) in [7, 11) is 0. The van der Waals surface area contributed by atoms with Crippen molar-refractivity contribution in [2.45, 2.75) is 20.3 Å². The molecule has 2 nitrogen and oxygen atoms in total. The summed E-state index contributed by atoms with van der Waals surface area (Å²) >= 11 is 1.62. The van der Waals surface area contributed by atoms with Crippen LogP contribution < -0.4 is 0 Å². The molecule has 0 radical (unpaired) electrons. The Balaban J connectivity index is 2.46. The monoisotopic (exact) mass is 228 g/mol. The maximum absolute atomic E-state index is 8.71. The SMILES string of the molecule is Cc1ccccc1-c1nc(C)c(CC#N)s1. The van der Waals surface area contributed by atoms with Crippen LogP contribution in [0.3, 0.4) is 0 Å². The molecule has 0 aliphatic carbocycles. The molecule has 2 rings (SSSR count). The van der Waals surface area contributed by atoms with Crippen LogP contribution in [0.2, 0.25) is 0 Å². The van der Waals surface area contributed by atoms with Gasteiger partial charge in [0.1, 0.15) is 5.01 Å². The molecule has 0 spiro atoms. The van der Waals surface area contributed by atoms with Crippen molar-refractivity contribution < 1.29 is 0 Å². The molecular formula is C13H12N2S. The van der Waals surface area contributed by atoms with Gasteiger partial charge in [-0.25, -0.2) is 4.98 Å². The first kappa shape index (κ1) is 10.8. The Kier molecular flexibility index (Phi) is 3.02. The van der Waals surface area contributed by atoms with Crippen molar-refractivity contribution in [3.8, 4) is 16.6 Å². The minimum atomic E-state index is 0.454. The van der Waals surface area contributed by atoms with Crippen molar-refractivity contribution >= 4 is 11.3 Å². The second-order valence-electron chi connectivity index (χ2n) is 3.68. The van der Waals surface area contributed by atoms with E-state index < -0.39 is 0 Å². The molecule has 2 aromatic rings. The Bertz CT molecular complexity index is 549. The summed E-state index contributed by atoms with van der Waals surface area (Å²) in [4.78, 5) is 5.60. The quantitative estimate of drug-likeness (QED) is 0.788. The molecule has 0 atom stereocenters. The second-order valence-corrected chi connectivity index (χ2v) is 4.76. The zero-order valence-corrected chi connectivity index (χ0v) is 10.1. The zero-order chi connectivity index (χ0) is 11.5. The highest BCUT2D eigenvalue weighted by atomic mass is 32.1. The molecule has 1 aromatic carbocycles. The molecule has 0 saturated carbocycles. The number of rotatable bonds is 2. The van der Waals surface area contributed by atoms with Crippen LogP contribution in [0.4, 0.5) is 0 Å². The predicted molar refractivity (Wildman–Crippen MR) is 66.3 cm³/mol. The number of aryl methyl sites for hydroxylation is 2. The molecule has 3 heteroatoms. The second kappa shape index (κ2) is 4.46. The maximum Gasteiger partial charge on any atom is 0.124 e. The fraction of sp³-hybridized carbons (Fsp3) is 0.231. The van der Waals surface area contributed by atoms with Gasteiger partial charge in [-0.05, 0) is 19.4 Å². The van der Waals surface area contributed by atoms with E-state index in [2.05, 4.69) is 30.1 Å². The first-order chi connectivity index (χ1) is 7.72. The minimum absolute atomic E-state index is 0.454. The standard InChI is InChI=1S/C13H12N2S/c1-9-5-3-4-6-11(9)13-15-10(2)12(16-13)7-8-14/h3-6H,7H2,1-2H3. The number of hydrogen-bond donors (Lipinski definition) is 0. The van der Waals surface area contributed by atoms with Gasteiger partial charge in [0.2, 0.25) is 0 Å². The van der Waals surface area contributed by atoms with E-state index in [4.69, 9.17) is 5.26 Å². The molecule has 1 heterocycles. The highest BCUT2D eigenvalue weighted by molar-refractivity contribution is 7.15. The van der Waals surface area contributed by atoms with Crippen LogP contribution in [0.25, 0.3) is 10.6 Å². The van der Waals surface area contributed by atoms with Crippen molar-refractivity contribution in [2.24, 2.45) is 0 Å². The first-order valence-corrected chi connectivity index (χ1v) is 5.93. The molecule has 0 bridgehead atoms. The van der Waals surface area contributed by atoms with Gasteiger partial charge >= 0.3 is 0 Å². The lowest BCUT2D eigenvalue weighted by molar-refractivity contribution is 1.18. The van der Waals surface area contributed by atoms with Crippen molar-refractivity contribution in [3.05, 3.63) is 40.4 Å². The molecule has 1 aromatic heterocycles. The number of aromatic nitrogens is 1. The van der Waals surface area contributed by atoms with E-state index in [1.165, 1.54) is 11.1 Å². The van der Waals surface area contributed by atoms with Crippen molar-refractivity contribution in [3.63, 3.8) is 0 Å². The molecule has 0 aliphatic rings. The average molecular weight is 228 g/mol. The van der Waals surface area contributed by atoms with Gasteiger partial charge in [-0.3, -0.25) is 0 Å². The molecule has 0 N–H and O–H groups in total. The summed E-state index contributed by atoms with van der Waals surface area (Å²) in [5.74, 6) is 0. The third kappa shape index (κ3) is 1.98. The van der Waals surface area contributed by atoms with E-state index in [0.717, 1.165) is 15.6 Å². The molecular weight excluding hydrogens is 216 g/mol. The largest absolute Gasteiger partial charge is 0.241 e. The molecule has 0 unspecified atom stereocenters. The number of nitriles is 1. The summed E-state index contributed by atoms with van der Waals surface area (Å²) in [6, 6.07) is 10.4. The van der Waals surface area contributed by atoms with Crippen molar-refractivity contribution in [2.75, 3.05) is 0 Å². The van der Waals surface area contributed by atoms with Gasteiger partial charge in [-0.15, -0.1) is 11.3 Å². The average Bonchev–Trinajstić information content (AvgIpc) is 2.61. The summed E-state index contributed by atoms with van der Waals surface area (Å²) in [6.07, 6.45) is 0.454. The lowest BCUT2D eigenvalue weighted by Gasteiger charge is -1.99. The lowest BCUT2D eigenvalue weighted by atomic mass is 10.1. The van der Waals surface area contributed by atoms with E-state index in [1.807, 2.05) is 19.1 Å². The minimum Gasteiger partial charge on any atom is -0.241 e. The Labute approximate surface area is 99.2 Å². The Morgan fingerprint density at radius 2 is 2.06 bits per heavy atom. The normalized spacial score (nSPS) is 10.1. The topological polar surface area (TPSA) is 36.7 Å². The smallest absolute Gasteiger partial charge is 0.124 e. The van der Waals surface area contributed by atoms with Crippen LogP contribution in [0.5, 0.6) is 0 Å². The summed E-state index contributed by atoms with van der Waals surface area (Å²) in [6.45, 7) is 4.04. The maximum atomic E-state index is 8.71. The van der Waals surface area contributed by atoms with E-state index in [0.29, 0.717) is 6.42 Å². The molecule has 16 heavy (non-hydrogen) atoms. The van der Waals surface area contributed by atoms with Gasteiger partial charge in [-0.1, -0.05) is 24.3 Å². The third-order valence-electron chi connectivity index (χ3n) is 2.51. The number of nitrogens with zero attached hydrogens (tertiary/aromatic N) is 2. The molecule has 0 amide bonds. The van der Waals surface area contributed by atoms with E-state index in [1.54, 1.807) is 11.3 Å². The fourth-order valence-corrected chi connectivity index (χ4v) is 2.68. The lowest BCUT2D eigenvalue weighted by Crippen LogP contribution is -1.82. The molecule has 0 saturated heterocycles. The first-order valence-electron chi connectivity index (χ1n) is 5.11. The van der Waals surface area contributed by atoms with Gasteiger partial charge in [0.15, 0.2) is 0 Å². The summed E-state index contributed by atoms with van der Waals surface area (Å²) in [5.41, 5.74) is 3.37. The molecule has 0 fully saturated rings. The van der Waals surface area contributed by atoms with Crippen molar-refractivity contribution in [1.29, 1.82) is 5.26 Å². The Morgan fingerprint density at radius 3 is 2.75 bits per heavy atom. The van der Waals surface area contributed by atoms with Crippen LogP contribution in [0, 0.1) is 25.2 Å². The number of hydrogen-bond acceptors (Lipinski definition) is 3. The van der Waals surface area contributed by atoms with Crippen LogP contribution in [0.1, 0.15) is 16.1 Å². The summed E-state index contributed by atoms with van der Waals surface area (Å²) < 4.78 is 0. The predicted octanol–water partition coefficient (Wildman–Crippen LogP) is 3.49. The number of thiazole rings is 1. The van der Waals surface area contributed by atoms with E-state index in [9.17, 15) is 0 Å². The van der Waals surface area contributed by atoms with Crippen LogP contribution in [-0.2, 0) is 6.42 Å². The number of benzene rings is 1. The van der Waals surface area contributed by atoms with E-state index in [-0.39, 0.29) is 0 Å². The molecule has 0 aliphatic heterocycles. The van der Waals surface area contributed by atoms with Crippen LogP contribution >= 0.6 is 11.3 Å². The zero-order valence-electron chi connectivity index (χ0n) is 9.32. The third-order valence-corrected chi connectivity index (χ3v) is 3.70. The highest BCUT2D eigenvalue weighted by Crippen LogP contribution is 2.30. The van der Waals surface area contributed by atoms with Gasteiger partial charge in [0.05, 0.1) is 18.2 Å². The van der Waals surface area contributed by atoms with Crippen molar-refractivity contribution in [1.82, 2.24) is 4.98 Å². The fourth-order valence-electron chi connectivity index (χ4n) is 1.59. The molecule has 80 valence electrons. The van der Waals surface area contributed by atoms with Crippen LogP contribution in [0.15, 0.2) is 24.3 Å². The van der Waals surface area contributed by atoms with E-state index >= 15 is 0 Å². The van der Waals surface area contributed by atoms with Gasteiger partial charge < -0.3 is 0 Å².